The van der Waals surface area contributed by atoms with Crippen LogP contribution >= 0.6 is 12.4 Å². The summed E-state index contributed by atoms with van der Waals surface area (Å²) >= 11 is 0. The SMILES string of the molecule is CC(C)CN(CC(O)c1ccc(F)cc1)C(=O)[C@@H]1CC[C@H](CN)O1.Cl. The average Bonchev–Trinajstić information content (AvgIpc) is 3.02. The zero-order valence-corrected chi connectivity index (χ0v) is 15.5. The molecule has 7 heteroatoms. The van der Waals surface area contributed by atoms with Crippen LogP contribution < -0.4 is 5.73 Å². The van der Waals surface area contributed by atoms with Crippen LogP contribution in [0.25, 0.3) is 0 Å². The second kappa shape index (κ2) is 10.1. The highest BCUT2D eigenvalue weighted by molar-refractivity contribution is 5.85. The molecule has 0 aliphatic carbocycles. The van der Waals surface area contributed by atoms with E-state index in [1.54, 1.807) is 4.90 Å². The second-order valence-corrected chi connectivity index (χ2v) is 6.76. The molecular weight excluding hydrogens is 347 g/mol. The third-order valence-electron chi connectivity index (χ3n) is 4.19. The van der Waals surface area contributed by atoms with Gasteiger partial charge in [0.05, 0.1) is 18.8 Å². The summed E-state index contributed by atoms with van der Waals surface area (Å²) in [6.07, 6.45) is 0.0184. The Morgan fingerprint density at radius 2 is 1.96 bits per heavy atom. The van der Waals surface area contributed by atoms with Crippen molar-refractivity contribution in [3.05, 3.63) is 35.6 Å². The van der Waals surface area contributed by atoms with Gasteiger partial charge in [-0.2, -0.15) is 0 Å². The quantitative estimate of drug-likeness (QED) is 0.767. The average molecular weight is 375 g/mol. The summed E-state index contributed by atoms with van der Waals surface area (Å²) in [4.78, 5) is 14.4. The predicted octanol–water partition coefficient (Wildman–Crippen LogP) is 2.27. The lowest BCUT2D eigenvalue weighted by Crippen LogP contribution is -2.43. The summed E-state index contributed by atoms with van der Waals surface area (Å²) in [5, 5.41) is 10.4. The molecule has 1 aromatic carbocycles. The lowest BCUT2D eigenvalue weighted by Gasteiger charge is -2.29. The molecule has 0 aromatic heterocycles. The van der Waals surface area contributed by atoms with E-state index in [1.165, 1.54) is 24.3 Å². The summed E-state index contributed by atoms with van der Waals surface area (Å²) < 4.78 is 18.7. The molecule has 1 saturated heterocycles. The highest BCUT2D eigenvalue weighted by atomic mass is 35.5. The van der Waals surface area contributed by atoms with Gasteiger partial charge in [-0.15, -0.1) is 12.4 Å². The number of hydrogen-bond donors (Lipinski definition) is 2. The fourth-order valence-electron chi connectivity index (χ4n) is 2.96. The summed E-state index contributed by atoms with van der Waals surface area (Å²) in [5.74, 6) is -0.199. The first-order chi connectivity index (χ1) is 11.4. The smallest absolute Gasteiger partial charge is 0.251 e. The molecule has 3 atom stereocenters. The van der Waals surface area contributed by atoms with E-state index in [1.807, 2.05) is 13.8 Å². The molecule has 1 aliphatic rings. The fraction of sp³-hybridized carbons (Fsp3) is 0.611. The molecule has 0 saturated carbocycles. The molecule has 0 bridgehead atoms. The third kappa shape index (κ3) is 6.22. The van der Waals surface area contributed by atoms with E-state index in [-0.39, 0.29) is 42.7 Å². The number of aliphatic hydroxyl groups excluding tert-OH is 1. The van der Waals surface area contributed by atoms with Crippen LogP contribution in [0.3, 0.4) is 0 Å². The Hall–Kier alpha value is -1.21. The number of ether oxygens (including phenoxy) is 1. The standard InChI is InChI=1S/C18H27FN2O3.ClH/c1-12(2)10-21(18(23)17-8-7-15(9-20)24-17)11-16(22)13-3-5-14(19)6-4-13;/h3-6,12,15-17,22H,7-11,20H2,1-2H3;1H/t15-,16?,17+;/m1./s1. The van der Waals surface area contributed by atoms with Gasteiger partial charge < -0.3 is 20.5 Å². The van der Waals surface area contributed by atoms with Crippen LogP contribution in [0, 0.1) is 11.7 Å². The van der Waals surface area contributed by atoms with Gasteiger partial charge in [0, 0.05) is 13.1 Å². The van der Waals surface area contributed by atoms with Gasteiger partial charge in [0.1, 0.15) is 11.9 Å². The molecule has 3 N–H and O–H groups in total. The Morgan fingerprint density at radius 1 is 1.32 bits per heavy atom. The van der Waals surface area contributed by atoms with E-state index in [0.717, 1.165) is 6.42 Å². The monoisotopic (exact) mass is 374 g/mol. The molecule has 5 nitrogen and oxygen atoms in total. The molecule has 1 amide bonds. The lowest BCUT2D eigenvalue weighted by molar-refractivity contribution is -0.144. The minimum atomic E-state index is -0.861. The molecule has 1 aromatic rings. The molecule has 1 fully saturated rings. The van der Waals surface area contributed by atoms with Crippen molar-refractivity contribution in [1.82, 2.24) is 4.90 Å². The number of carbonyl (C=O) groups excluding carboxylic acids is 1. The van der Waals surface area contributed by atoms with Crippen molar-refractivity contribution in [2.24, 2.45) is 11.7 Å². The molecule has 142 valence electrons. The number of nitrogens with two attached hydrogens (primary N) is 1. The van der Waals surface area contributed by atoms with Gasteiger partial charge in [-0.25, -0.2) is 4.39 Å². The Balaban J connectivity index is 0.00000312. The maximum atomic E-state index is 13.0. The molecule has 0 radical (unpaired) electrons. The van der Waals surface area contributed by atoms with Gasteiger partial charge in [-0.05, 0) is 36.5 Å². The molecule has 0 spiro atoms. The molecule has 1 aliphatic heterocycles. The Morgan fingerprint density at radius 3 is 2.48 bits per heavy atom. The summed E-state index contributed by atoms with van der Waals surface area (Å²) in [6, 6.07) is 5.68. The van der Waals surface area contributed by atoms with Crippen LogP contribution in [0.5, 0.6) is 0 Å². The minimum absolute atomic E-state index is 0. The van der Waals surface area contributed by atoms with E-state index in [0.29, 0.717) is 25.1 Å². The number of carbonyl (C=O) groups is 1. The minimum Gasteiger partial charge on any atom is -0.387 e. The van der Waals surface area contributed by atoms with E-state index in [2.05, 4.69) is 0 Å². The largest absolute Gasteiger partial charge is 0.387 e. The maximum absolute atomic E-state index is 13.0. The lowest BCUT2D eigenvalue weighted by atomic mass is 10.1. The maximum Gasteiger partial charge on any atom is 0.251 e. The highest BCUT2D eigenvalue weighted by Crippen LogP contribution is 2.23. The van der Waals surface area contributed by atoms with Gasteiger partial charge >= 0.3 is 0 Å². The van der Waals surface area contributed by atoms with E-state index >= 15 is 0 Å². The molecule has 2 rings (SSSR count). The Labute approximate surface area is 154 Å². The number of hydrogen-bond acceptors (Lipinski definition) is 4. The van der Waals surface area contributed by atoms with Crippen molar-refractivity contribution in [3.63, 3.8) is 0 Å². The first-order valence-electron chi connectivity index (χ1n) is 8.48. The normalized spacial score (nSPS) is 21.0. The highest BCUT2D eigenvalue weighted by Gasteiger charge is 2.33. The fourth-order valence-corrected chi connectivity index (χ4v) is 2.96. The summed E-state index contributed by atoms with van der Waals surface area (Å²) in [5.41, 5.74) is 6.19. The molecule has 1 heterocycles. The van der Waals surface area contributed by atoms with Crippen LogP contribution in [-0.2, 0) is 9.53 Å². The van der Waals surface area contributed by atoms with Crippen molar-refractivity contribution in [2.75, 3.05) is 19.6 Å². The van der Waals surface area contributed by atoms with Gasteiger partial charge in [0.2, 0.25) is 0 Å². The van der Waals surface area contributed by atoms with Gasteiger partial charge in [-0.1, -0.05) is 26.0 Å². The van der Waals surface area contributed by atoms with Crippen molar-refractivity contribution in [1.29, 1.82) is 0 Å². The summed E-state index contributed by atoms with van der Waals surface area (Å²) in [7, 11) is 0. The number of aliphatic hydroxyl groups is 1. The van der Waals surface area contributed by atoms with Crippen LogP contribution in [0.15, 0.2) is 24.3 Å². The van der Waals surface area contributed by atoms with Crippen molar-refractivity contribution in [3.8, 4) is 0 Å². The Kier molecular flexibility index (Phi) is 8.79. The van der Waals surface area contributed by atoms with Crippen LogP contribution in [-0.4, -0.2) is 47.8 Å². The van der Waals surface area contributed by atoms with Crippen LogP contribution in [0.4, 0.5) is 4.39 Å². The molecule has 1 unspecified atom stereocenters. The number of rotatable bonds is 7. The van der Waals surface area contributed by atoms with E-state index in [4.69, 9.17) is 10.5 Å². The number of nitrogens with zero attached hydrogens (tertiary/aromatic N) is 1. The predicted molar refractivity (Wildman–Crippen MR) is 97.0 cm³/mol. The van der Waals surface area contributed by atoms with Crippen LogP contribution in [0.2, 0.25) is 0 Å². The van der Waals surface area contributed by atoms with E-state index < -0.39 is 12.2 Å². The van der Waals surface area contributed by atoms with Crippen molar-refractivity contribution < 1.29 is 19.0 Å². The van der Waals surface area contributed by atoms with Gasteiger partial charge in [-0.3, -0.25) is 4.79 Å². The molecule has 25 heavy (non-hydrogen) atoms. The van der Waals surface area contributed by atoms with Gasteiger partial charge in [0.15, 0.2) is 0 Å². The van der Waals surface area contributed by atoms with Crippen molar-refractivity contribution in [2.45, 2.75) is 45.0 Å². The first-order valence-corrected chi connectivity index (χ1v) is 8.48. The Bertz CT molecular complexity index is 542. The molecular formula is C18H28ClFN2O3. The third-order valence-corrected chi connectivity index (χ3v) is 4.19. The number of halogens is 2. The second-order valence-electron chi connectivity index (χ2n) is 6.76. The number of amides is 1. The van der Waals surface area contributed by atoms with E-state index in [9.17, 15) is 14.3 Å². The topological polar surface area (TPSA) is 75.8 Å². The van der Waals surface area contributed by atoms with Crippen molar-refractivity contribution >= 4 is 18.3 Å². The zero-order chi connectivity index (χ0) is 17.7. The zero-order valence-electron chi connectivity index (χ0n) is 14.7. The number of benzene rings is 1. The first kappa shape index (κ1) is 21.8. The van der Waals surface area contributed by atoms with Crippen LogP contribution in [0.1, 0.15) is 38.4 Å². The van der Waals surface area contributed by atoms with Gasteiger partial charge in [0.25, 0.3) is 5.91 Å². The summed E-state index contributed by atoms with van der Waals surface area (Å²) in [6.45, 7) is 5.14.